The smallest absolute Gasteiger partial charge is 0.328 e. The monoisotopic (exact) mass is 426 g/mol. The highest BCUT2D eigenvalue weighted by Crippen LogP contribution is 2.41. The van der Waals surface area contributed by atoms with Crippen molar-refractivity contribution in [2.75, 3.05) is 0 Å². The van der Waals surface area contributed by atoms with Gasteiger partial charge in [-0.1, -0.05) is 31.0 Å². The van der Waals surface area contributed by atoms with Gasteiger partial charge in [0, 0.05) is 12.3 Å². The van der Waals surface area contributed by atoms with Crippen molar-refractivity contribution >= 4 is 21.5 Å². The summed E-state index contributed by atoms with van der Waals surface area (Å²) in [6.45, 7) is 1.63. The number of carbonyl (C=O) groups excluding carboxylic acids is 1. The number of aryl methyl sites for hydroxylation is 1. The van der Waals surface area contributed by atoms with Crippen molar-refractivity contribution in [3.8, 4) is 0 Å². The van der Waals surface area contributed by atoms with Crippen LogP contribution in [0.25, 0.3) is 5.65 Å². The molecule has 0 aliphatic heterocycles. The van der Waals surface area contributed by atoms with E-state index >= 15 is 0 Å². The quantitative estimate of drug-likeness (QED) is 0.582. The summed E-state index contributed by atoms with van der Waals surface area (Å²) in [6, 6.07) is 12.8. The zero-order valence-corrected chi connectivity index (χ0v) is 17.4. The molecule has 2 aromatic heterocycles. The van der Waals surface area contributed by atoms with Gasteiger partial charge in [-0.05, 0) is 49.6 Å². The maximum absolute atomic E-state index is 13.3. The molecule has 0 N–H and O–H groups in total. The van der Waals surface area contributed by atoms with E-state index in [2.05, 4.69) is 4.98 Å². The van der Waals surface area contributed by atoms with E-state index in [1.165, 1.54) is 22.6 Å². The SMILES string of the molecule is Cc1ccn2c(=O)cc(COC(=O)C3(S(=O)(=O)c4ccccc4)CCCC3)nc2c1. The number of nitrogens with zero attached hydrogens (tertiary/aromatic N) is 2. The van der Waals surface area contributed by atoms with Crippen molar-refractivity contribution in [1.82, 2.24) is 9.38 Å². The maximum atomic E-state index is 13.3. The molecule has 0 bridgehead atoms. The number of ether oxygens (including phenoxy) is 1. The molecule has 0 amide bonds. The van der Waals surface area contributed by atoms with E-state index in [0.717, 1.165) is 5.56 Å². The van der Waals surface area contributed by atoms with Gasteiger partial charge in [0.1, 0.15) is 12.3 Å². The zero-order valence-electron chi connectivity index (χ0n) is 16.6. The molecule has 0 saturated heterocycles. The third-order valence-electron chi connectivity index (χ3n) is 5.58. The van der Waals surface area contributed by atoms with Crippen LogP contribution >= 0.6 is 0 Å². The summed E-state index contributed by atoms with van der Waals surface area (Å²) in [4.78, 5) is 29.8. The fraction of sp³-hybridized carbons (Fsp3) is 0.318. The lowest BCUT2D eigenvalue weighted by molar-refractivity contribution is -0.148. The van der Waals surface area contributed by atoms with Gasteiger partial charge < -0.3 is 4.74 Å². The van der Waals surface area contributed by atoms with Crippen LogP contribution in [0.4, 0.5) is 0 Å². The average molecular weight is 426 g/mol. The first kappa shape index (κ1) is 20.3. The number of pyridine rings is 1. The molecule has 1 aliphatic carbocycles. The van der Waals surface area contributed by atoms with Crippen LogP contribution in [-0.2, 0) is 26.0 Å². The van der Waals surface area contributed by atoms with Crippen molar-refractivity contribution < 1.29 is 17.9 Å². The Labute approximate surface area is 174 Å². The number of hydrogen-bond donors (Lipinski definition) is 0. The molecule has 4 rings (SSSR count). The molecule has 0 radical (unpaired) electrons. The first-order valence-electron chi connectivity index (χ1n) is 9.79. The van der Waals surface area contributed by atoms with Crippen LogP contribution in [-0.4, -0.2) is 28.5 Å². The van der Waals surface area contributed by atoms with E-state index in [-0.39, 0.29) is 35.6 Å². The lowest BCUT2D eigenvalue weighted by atomic mass is 10.1. The van der Waals surface area contributed by atoms with Gasteiger partial charge in [-0.25, -0.2) is 13.4 Å². The molecular formula is C22H22N2O5S. The van der Waals surface area contributed by atoms with Crippen LogP contribution < -0.4 is 5.56 Å². The van der Waals surface area contributed by atoms with Gasteiger partial charge in [-0.2, -0.15) is 0 Å². The van der Waals surface area contributed by atoms with Crippen molar-refractivity contribution in [2.24, 2.45) is 0 Å². The summed E-state index contributed by atoms with van der Waals surface area (Å²) in [5, 5.41) is 0. The van der Waals surface area contributed by atoms with Crippen LogP contribution in [0.15, 0.2) is 64.4 Å². The predicted molar refractivity (Wildman–Crippen MR) is 111 cm³/mol. The van der Waals surface area contributed by atoms with Crippen molar-refractivity contribution in [3.63, 3.8) is 0 Å². The van der Waals surface area contributed by atoms with E-state index in [0.29, 0.717) is 18.5 Å². The number of benzene rings is 1. The number of aromatic nitrogens is 2. The second-order valence-corrected chi connectivity index (χ2v) is 9.87. The lowest BCUT2D eigenvalue weighted by Gasteiger charge is -2.26. The molecule has 0 spiro atoms. The number of sulfone groups is 1. The van der Waals surface area contributed by atoms with E-state index in [9.17, 15) is 18.0 Å². The molecule has 1 fully saturated rings. The summed E-state index contributed by atoms with van der Waals surface area (Å²) in [7, 11) is -3.91. The molecule has 3 aromatic rings. The summed E-state index contributed by atoms with van der Waals surface area (Å²) < 4.78 is 31.8. The van der Waals surface area contributed by atoms with Crippen LogP contribution in [0.2, 0.25) is 0 Å². The number of carbonyl (C=O) groups is 1. The molecule has 156 valence electrons. The average Bonchev–Trinajstić information content (AvgIpc) is 3.24. The van der Waals surface area contributed by atoms with Gasteiger partial charge in [0.15, 0.2) is 14.6 Å². The Morgan fingerprint density at radius 2 is 1.83 bits per heavy atom. The first-order chi connectivity index (χ1) is 14.3. The largest absolute Gasteiger partial charge is 0.458 e. The first-order valence-corrected chi connectivity index (χ1v) is 11.3. The van der Waals surface area contributed by atoms with E-state index < -0.39 is 20.6 Å². The van der Waals surface area contributed by atoms with Crippen molar-refractivity contribution in [2.45, 2.75) is 48.9 Å². The molecule has 1 aliphatic rings. The second kappa shape index (κ2) is 7.68. The Hall–Kier alpha value is -3.00. The molecule has 0 atom stereocenters. The maximum Gasteiger partial charge on any atom is 0.328 e. The molecule has 1 aromatic carbocycles. The van der Waals surface area contributed by atoms with Crippen LogP contribution in [0, 0.1) is 6.92 Å². The predicted octanol–water partition coefficient (Wildman–Crippen LogP) is 2.83. The standard InChI is InChI=1S/C22H22N2O5S/c1-16-9-12-24-19(13-16)23-17(14-20(24)25)15-29-21(26)22(10-5-6-11-22)30(27,28)18-7-3-2-4-8-18/h2-4,7-9,12-14H,5-6,10-11,15H2,1H3. The highest BCUT2D eigenvalue weighted by Gasteiger charge is 2.54. The minimum atomic E-state index is -3.91. The Bertz CT molecular complexity index is 1260. The third-order valence-corrected chi connectivity index (χ3v) is 8.07. The number of hydrogen-bond acceptors (Lipinski definition) is 6. The van der Waals surface area contributed by atoms with Crippen LogP contribution in [0.1, 0.15) is 36.9 Å². The molecular weight excluding hydrogens is 404 g/mol. The topological polar surface area (TPSA) is 94.8 Å². The van der Waals surface area contributed by atoms with Gasteiger partial charge in [0.2, 0.25) is 0 Å². The van der Waals surface area contributed by atoms with Gasteiger partial charge in [-0.3, -0.25) is 14.0 Å². The number of fused-ring (bicyclic) bond motifs is 1. The van der Waals surface area contributed by atoms with Gasteiger partial charge in [0.05, 0.1) is 10.6 Å². The summed E-state index contributed by atoms with van der Waals surface area (Å²) in [5.41, 5.74) is 1.37. The minimum absolute atomic E-state index is 0.112. The van der Waals surface area contributed by atoms with Crippen molar-refractivity contribution in [3.05, 3.63) is 76.3 Å². The Kier molecular flexibility index (Phi) is 5.19. The Morgan fingerprint density at radius 3 is 2.53 bits per heavy atom. The molecule has 7 nitrogen and oxygen atoms in total. The molecule has 0 unspecified atom stereocenters. The lowest BCUT2D eigenvalue weighted by Crippen LogP contribution is -2.45. The molecule has 8 heteroatoms. The van der Waals surface area contributed by atoms with E-state index in [1.807, 2.05) is 6.92 Å². The van der Waals surface area contributed by atoms with Gasteiger partial charge in [0.25, 0.3) is 5.56 Å². The van der Waals surface area contributed by atoms with Crippen LogP contribution in [0.3, 0.4) is 0 Å². The zero-order chi connectivity index (χ0) is 21.4. The van der Waals surface area contributed by atoms with E-state index in [1.54, 1.807) is 36.5 Å². The summed E-state index contributed by atoms with van der Waals surface area (Å²) in [6.07, 6.45) is 3.34. The molecule has 1 saturated carbocycles. The van der Waals surface area contributed by atoms with E-state index in [4.69, 9.17) is 4.74 Å². The highest BCUT2D eigenvalue weighted by molar-refractivity contribution is 7.93. The third kappa shape index (κ3) is 3.41. The fourth-order valence-electron chi connectivity index (χ4n) is 3.95. The normalized spacial score (nSPS) is 15.9. The highest BCUT2D eigenvalue weighted by atomic mass is 32.2. The Balaban J connectivity index is 1.62. The minimum Gasteiger partial charge on any atom is -0.458 e. The summed E-state index contributed by atoms with van der Waals surface area (Å²) >= 11 is 0. The molecule has 2 heterocycles. The van der Waals surface area contributed by atoms with Gasteiger partial charge >= 0.3 is 5.97 Å². The Morgan fingerprint density at radius 1 is 1.13 bits per heavy atom. The number of rotatable bonds is 5. The second-order valence-electron chi connectivity index (χ2n) is 7.61. The van der Waals surface area contributed by atoms with Crippen molar-refractivity contribution in [1.29, 1.82) is 0 Å². The number of esters is 1. The fourth-order valence-corrected chi connectivity index (χ4v) is 6.02. The van der Waals surface area contributed by atoms with Gasteiger partial charge in [-0.15, -0.1) is 0 Å². The van der Waals surface area contributed by atoms with Crippen LogP contribution in [0.5, 0.6) is 0 Å². The summed E-state index contributed by atoms with van der Waals surface area (Å²) in [5.74, 6) is -0.782. The molecule has 30 heavy (non-hydrogen) atoms.